The highest BCUT2D eigenvalue weighted by atomic mass is 35.5. The van der Waals surface area contributed by atoms with Gasteiger partial charge in [-0.25, -0.2) is 0 Å². The van der Waals surface area contributed by atoms with Crippen LogP contribution < -0.4 is 5.32 Å². The van der Waals surface area contributed by atoms with E-state index in [0.29, 0.717) is 22.4 Å². The summed E-state index contributed by atoms with van der Waals surface area (Å²) in [4.78, 5) is 16.9. The summed E-state index contributed by atoms with van der Waals surface area (Å²) in [7, 11) is 0. The molecule has 1 saturated heterocycles. The second kappa shape index (κ2) is 7.88. The number of nitrogens with one attached hydrogen (secondary N) is 2. The average molecular weight is 320 g/mol. The number of amides is 1. The molecule has 2 rings (SSSR count). The highest BCUT2D eigenvalue weighted by Gasteiger charge is 2.11. The Labute approximate surface area is 128 Å². The minimum absolute atomic E-state index is 0.176. The molecule has 20 heavy (non-hydrogen) atoms. The summed E-state index contributed by atoms with van der Waals surface area (Å²) in [6, 6.07) is 1.53. The molecule has 0 unspecified atom stereocenters. The molecule has 1 amide bonds. The van der Waals surface area contributed by atoms with Crippen LogP contribution in [0.3, 0.4) is 0 Å². The van der Waals surface area contributed by atoms with Crippen molar-refractivity contribution in [2.24, 2.45) is 0 Å². The third-order valence-electron chi connectivity index (χ3n) is 3.26. The number of carbonyl (C=O) groups excluding carboxylic acids is 1. The normalized spacial score (nSPS) is 16.3. The fourth-order valence-corrected chi connectivity index (χ4v) is 2.42. The van der Waals surface area contributed by atoms with E-state index >= 15 is 0 Å². The Morgan fingerprint density at radius 3 is 2.75 bits per heavy atom. The van der Waals surface area contributed by atoms with Crippen molar-refractivity contribution in [2.45, 2.75) is 12.8 Å². The summed E-state index contributed by atoms with van der Waals surface area (Å²) >= 11 is 11.5. The Balaban J connectivity index is 1.59. The number of nitrogens with zero attached hydrogens (tertiary/aromatic N) is 1. The zero-order valence-electron chi connectivity index (χ0n) is 11.3. The Bertz CT molecular complexity index is 425. The van der Waals surface area contributed by atoms with Gasteiger partial charge in [-0.3, -0.25) is 9.69 Å². The van der Waals surface area contributed by atoms with Gasteiger partial charge in [-0.05, 0) is 25.5 Å². The van der Waals surface area contributed by atoms with Crippen LogP contribution in [0.5, 0.6) is 0 Å². The highest BCUT2D eigenvalue weighted by molar-refractivity contribution is 6.41. The number of carbonyl (C=O) groups is 1. The topological polar surface area (TPSA) is 57.4 Å². The van der Waals surface area contributed by atoms with Crippen molar-refractivity contribution in [1.82, 2.24) is 15.2 Å². The van der Waals surface area contributed by atoms with Gasteiger partial charge in [0.1, 0.15) is 10.8 Å². The number of morpholine rings is 1. The van der Waals surface area contributed by atoms with Crippen molar-refractivity contribution in [1.29, 1.82) is 0 Å². The fraction of sp³-hybridized carbons (Fsp3) is 0.615. The summed E-state index contributed by atoms with van der Waals surface area (Å²) in [6.07, 6.45) is 2.01. The van der Waals surface area contributed by atoms with Crippen molar-refractivity contribution >= 4 is 29.1 Å². The van der Waals surface area contributed by atoms with E-state index in [4.69, 9.17) is 27.9 Å². The number of H-pyrrole nitrogens is 1. The van der Waals surface area contributed by atoms with Gasteiger partial charge < -0.3 is 15.0 Å². The molecule has 1 aliphatic heterocycles. The molecule has 0 spiro atoms. The Morgan fingerprint density at radius 1 is 1.35 bits per heavy atom. The van der Waals surface area contributed by atoms with E-state index in [9.17, 15) is 4.79 Å². The second-order valence-corrected chi connectivity index (χ2v) is 5.55. The van der Waals surface area contributed by atoms with E-state index in [-0.39, 0.29) is 5.91 Å². The molecule has 0 atom stereocenters. The van der Waals surface area contributed by atoms with Gasteiger partial charge in [0.05, 0.1) is 18.2 Å². The number of aromatic amines is 1. The molecule has 1 aromatic heterocycles. The first-order valence-electron chi connectivity index (χ1n) is 6.79. The van der Waals surface area contributed by atoms with Crippen molar-refractivity contribution in [3.63, 3.8) is 0 Å². The van der Waals surface area contributed by atoms with Crippen LogP contribution in [-0.2, 0) is 4.74 Å². The minimum Gasteiger partial charge on any atom is -0.379 e. The standard InChI is InChI=1S/C13H19Cl2N3O2/c14-10-9-11(17-12(10)15)13(19)16-3-1-2-4-18-5-7-20-8-6-18/h9,17H,1-8H2,(H,16,19). The smallest absolute Gasteiger partial charge is 0.267 e. The first-order valence-corrected chi connectivity index (χ1v) is 7.54. The Hall–Kier alpha value is -0.750. The lowest BCUT2D eigenvalue weighted by Crippen LogP contribution is -2.37. The maximum absolute atomic E-state index is 11.8. The number of halogens is 2. The first-order chi connectivity index (χ1) is 9.66. The van der Waals surface area contributed by atoms with Gasteiger partial charge in [0.2, 0.25) is 0 Å². The van der Waals surface area contributed by atoms with Gasteiger partial charge in [0, 0.05) is 19.6 Å². The molecule has 0 aliphatic carbocycles. The van der Waals surface area contributed by atoms with E-state index in [1.54, 1.807) is 0 Å². The summed E-state index contributed by atoms with van der Waals surface area (Å²) in [6.45, 7) is 5.37. The number of rotatable bonds is 6. The Kier molecular flexibility index (Phi) is 6.16. The third-order valence-corrected chi connectivity index (χ3v) is 3.95. The summed E-state index contributed by atoms with van der Waals surface area (Å²) in [5.41, 5.74) is 0.396. The van der Waals surface area contributed by atoms with Crippen LogP contribution in [0.1, 0.15) is 23.3 Å². The van der Waals surface area contributed by atoms with Gasteiger partial charge >= 0.3 is 0 Å². The first kappa shape index (κ1) is 15.6. The van der Waals surface area contributed by atoms with Crippen LogP contribution in [0.15, 0.2) is 6.07 Å². The van der Waals surface area contributed by atoms with E-state index in [2.05, 4.69) is 15.2 Å². The number of unbranched alkanes of at least 4 members (excludes halogenated alkanes) is 1. The van der Waals surface area contributed by atoms with Gasteiger partial charge in [-0.15, -0.1) is 0 Å². The van der Waals surface area contributed by atoms with Crippen LogP contribution in [0.25, 0.3) is 0 Å². The van der Waals surface area contributed by atoms with Crippen LogP contribution in [0.4, 0.5) is 0 Å². The SMILES string of the molecule is O=C(NCCCCN1CCOCC1)c1cc(Cl)c(Cl)[nH]1. The molecular formula is C13H19Cl2N3O2. The van der Waals surface area contributed by atoms with Gasteiger partial charge in [0.25, 0.3) is 5.91 Å². The van der Waals surface area contributed by atoms with Crippen LogP contribution in [-0.4, -0.2) is 55.2 Å². The van der Waals surface area contributed by atoms with E-state index in [1.807, 2.05) is 0 Å². The quantitative estimate of drug-likeness (QED) is 0.790. The molecule has 1 aromatic rings. The number of hydrogen-bond acceptors (Lipinski definition) is 3. The molecule has 0 bridgehead atoms. The zero-order chi connectivity index (χ0) is 14.4. The van der Waals surface area contributed by atoms with Crippen LogP contribution >= 0.6 is 23.2 Å². The molecule has 2 N–H and O–H groups in total. The lowest BCUT2D eigenvalue weighted by atomic mass is 10.2. The number of hydrogen-bond donors (Lipinski definition) is 2. The van der Waals surface area contributed by atoms with E-state index < -0.39 is 0 Å². The second-order valence-electron chi connectivity index (χ2n) is 4.76. The molecule has 1 fully saturated rings. The van der Waals surface area contributed by atoms with E-state index in [1.165, 1.54) is 6.07 Å². The molecule has 2 heterocycles. The van der Waals surface area contributed by atoms with Crippen LogP contribution in [0.2, 0.25) is 10.2 Å². The van der Waals surface area contributed by atoms with Gasteiger partial charge in [-0.1, -0.05) is 23.2 Å². The molecule has 0 aromatic carbocycles. The van der Waals surface area contributed by atoms with Crippen LogP contribution in [0, 0.1) is 0 Å². The maximum Gasteiger partial charge on any atom is 0.267 e. The molecular weight excluding hydrogens is 301 g/mol. The maximum atomic E-state index is 11.8. The fourth-order valence-electron chi connectivity index (χ4n) is 2.11. The van der Waals surface area contributed by atoms with Gasteiger partial charge in [-0.2, -0.15) is 0 Å². The minimum atomic E-state index is -0.176. The van der Waals surface area contributed by atoms with Crippen molar-refractivity contribution in [3.05, 3.63) is 21.9 Å². The average Bonchev–Trinajstić information content (AvgIpc) is 2.79. The molecule has 0 saturated carbocycles. The molecule has 112 valence electrons. The predicted molar refractivity (Wildman–Crippen MR) is 79.6 cm³/mol. The Morgan fingerprint density at radius 2 is 2.10 bits per heavy atom. The van der Waals surface area contributed by atoms with Gasteiger partial charge in [0.15, 0.2) is 0 Å². The van der Waals surface area contributed by atoms with Crippen molar-refractivity contribution in [3.8, 4) is 0 Å². The summed E-state index contributed by atoms with van der Waals surface area (Å²) in [5.74, 6) is -0.176. The number of ether oxygens (including phenoxy) is 1. The zero-order valence-corrected chi connectivity index (χ0v) is 12.8. The molecule has 5 nitrogen and oxygen atoms in total. The summed E-state index contributed by atoms with van der Waals surface area (Å²) in [5, 5.41) is 3.51. The molecule has 0 radical (unpaired) electrons. The lowest BCUT2D eigenvalue weighted by molar-refractivity contribution is 0.0372. The highest BCUT2D eigenvalue weighted by Crippen LogP contribution is 2.21. The number of aromatic nitrogens is 1. The summed E-state index contributed by atoms with van der Waals surface area (Å²) < 4.78 is 5.30. The monoisotopic (exact) mass is 319 g/mol. The lowest BCUT2D eigenvalue weighted by Gasteiger charge is -2.26. The van der Waals surface area contributed by atoms with Crippen molar-refractivity contribution < 1.29 is 9.53 Å². The van der Waals surface area contributed by atoms with Crippen molar-refractivity contribution in [2.75, 3.05) is 39.4 Å². The molecule has 1 aliphatic rings. The third kappa shape index (κ3) is 4.66. The predicted octanol–water partition coefficient (Wildman–Crippen LogP) is 2.16. The van der Waals surface area contributed by atoms with E-state index in [0.717, 1.165) is 45.7 Å². The largest absolute Gasteiger partial charge is 0.379 e. The molecule has 7 heteroatoms.